The Morgan fingerprint density at radius 3 is 2.96 bits per heavy atom. The van der Waals surface area contributed by atoms with E-state index in [1.165, 1.54) is 0 Å². The van der Waals surface area contributed by atoms with E-state index in [0.717, 1.165) is 23.4 Å². The fourth-order valence-corrected chi connectivity index (χ4v) is 2.60. The molecule has 134 valence electrons. The van der Waals surface area contributed by atoms with Gasteiger partial charge in [-0.05, 0) is 31.0 Å². The van der Waals surface area contributed by atoms with Gasteiger partial charge in [-0.15, -0.1) is 0 Å². The number of carbonyl (C=O) groups excluding carboxylic acids is 1. The highest BCUT2D eigenvalue weighted by Crippen LogP contribution is 2.20. The lowest BCUT2D eigenvalue weighted by Gasteiger charge is -2.23. The van der Waals surface area contributed by atoms with Crippen molar-refractivity contribution in [1.29, 1.82) is 0 Å². The third kappa shape index (κ3) is 6.20. The zero-order valence-corrected chi connectivity index (χ0v) is 14.6. The van der Waals surface area contributed by atoms with Gasteiger partial charge in [0.25, 0.3) is 0 Å². The van der Waals surface area contributed by atoms with Crippen molar-refractivity contribution >= 4 is 11.6 Å². The van der Waals surface area contributed by atoms with Crippen molar-refractivity contribution in [2.24, 2.45) is 0 Å². The van der Waals surface area contributed by atoms with Gasteiger partial charge in [0.1, 0.15) is 0 Å². The van der Waals surface area contributed by atoms with Gasteiger partial charge in [-0.2, -0.15) is 0 Å². The van der Waals surface area contributed by atoms with Crippen molar-refractivity contribution in [2.75, 3.05) is 44.9 Å². The van der Waals surface area contributed by atoms with Gasteiger partial charge in [0, 0.05) is 31.3 Å². The monoisotopic (exact) mass is 336 g/mol. The van der Waals surface area contributed by atoms with Gasteiger partial charge in [0.15, 0.2) is 0 Å². The SMILES string of the molecule is CCOCCOCc1cccc(NC(=O)CC2COCCN2)c1C. The summed E-state index contributed by atoms with van der Waals surface area (Å²) < 4.78 is 16.3. The highest BCUT2D eigenvalue weighted by molar-refractivity contribution is 5.92. The Balaban J connectivity index is 1.83. The molecule has 1 atom stereocenters. The molecule has 1 aliphatic heterocycles. The molecule has 6 nitrogen and oxygen atoms in total. The molecule has 0 bridgehead atoms. The second-order valence-corrected chi connectivity index (χ2v) is 5.82. The van der Waals surface area contributed by atoms with Crippen LogP contribution in [0.4, 0.5) is 5.69 Å². The Bertz CT molecular complexity index is 516. The molecule has 1 fully saturated rings. The third-order valence-corrected chi connectivity index (χ3v) is 3.98. The normalized spacial score (nSPS) is 17.7. The van der Waals surface area contributed by atoms with Crippen LogP contribution in [0.15, 0.2) is 18.2 Å². The van der Waals surface area contributed by atoms with E-state index < -0.39 is 0 Å². The minimum atomic E-state index is -0.00415. The van der Waals surface area contributed by atoms with E-state index in [1.54, 1.807) is 0 Å². The molecule has 1 aliphatic rings. The van der Waals surface area contributed by atoms with Crippen LogP contribution in [-0.4, -0.2) is 51.5 Å². The highest BCUT2D eigenvalue weighted by Gasteiger charge is 2.17. The molecule has 2 N–H and O–H groups in total. The minimum absolute atomic E-state index is 0.00415. The Labute approximate surface area is 143 Å². The maximum absolute atomic E-state index is 12.2. The Morgan fingerprint density at radius 2 is 2.21 bits per heavy atom. The smallest absolute Gasteiger partial charge is 0.226 e. The lowest BCUT2D eigenvalue weighted by molar-refractivity contribution is -0.117. The molecule has 0 radical (unpaired) electrons. The number of morpholine rings is 1. The summed E-state index contributed by atoms with van der Waals surface area (Å²) in [6, 6.07) is 5.96. The molecule has 1 saturated heterocycles. The second-order valence-electron chi connectivity index (χ2n) is 5.82. The van der Waals surface area contributed by atoms with Crippen LogP contribution in [0.3, 0.4) is 0 Å². The predicted octanol–water partition coefficient (Wildman–Crippen LogP) is 1.87. The standard InChI is InChI=1S/C18H28N2O4/c1-3-22-9-10-24-12-15-5-4-6-17(14(15)2)20-18(21)11-16-13-23-8-7-19-16/h4-6,16,19H,3,7-13H2,1-2H3,(H,20,21). The lowest BCUT2D eigenvalue weighted by Crippen LogP contribution is -2.43. The Hall–Kier alpha value is -1.47. The quantitative estimate of drug-likeness (QED) is 0.674. The van der Waals surface area contributed by atoms with E-state index in [1.807, 2.05) is 32.0 Å². The Kier molecular flexibility index (Phi) is 8.18. The molecule has 0 spiro atoms. The van der Waals surface area contributed by atoms with Gasteiger partial charge in [-0.25, -0.2) is 0 Å². The van der Waals surface area contributed by atoms with Gasteiger partial charge in [-0.3, -0.25) is 4.79 Å². The van der Waals surface area contributed by atoms with E-state index in [2.05, 4.69) is 10.6 Å². The highest BCUT2D eigenvalue weighted by atomic mass is 16.5. The zero-order valence-electron chi connectivity index (χ0n) is 14.6. The summed E-state index contributed by atoms with van der Waals surface area (Å²) in [5.41, 5.74) is 2.95. The summed E-state index contributed by atoms with van der Waals surface area (Å²) in [6.07, 6.45) is 0.411. The number of carbonyl (C=O) groups is 1. The van der Waals surface area contributed by atoms with Crippen LogP contribution in [0.2, 0.25) is 0 Å². The van der Waals surface area contributed by atoms with E-state index >= 15 is 0 Å². The van der Waals surface area contributed by atoms with Crippen LogP contribution < -0.4 is 10.6 Å². The molecule has 0 saturated carbocycles. The molecule has 1 aromatic rings. The summed E-state index contributed by atoms with van der Waals surface area (Å²) in [7, 11) is 0. The molecular weight excluding hydrogens is 308 g/mol. The number of ether oxygens (including phenoxy) is 3. The summed E-state index contributed by atoms with van der Waals surface area (Å²) in [5, 5.41) is 6.28. The summed E-state index contributed by atoms with van der Waals surface area (Å²) in [4.78, 5) is 12.2. The van der Waals surface area contributed by atoms with E-state index in [0.29, 0.717) is 46.1 Å². The molecule has 1 heterocycles. The van der Waals surface area contributed by atoms with Crippen LogP contribution in [0.1, 0.15) is 24.5 Å². The molecule has 0 aromatic heterocycles. The predicted molar refractivity (Wildman–Crippen MR) is 93.2 cm³/mol. The van der Waals surface area contributed by atoms with E-state index in [4.69, 9.17) is 14.2 Å². The van der Waals surface area contributed by atoms with E-state index in [9.17, 15) is 4.79 Å². The number of hydrogen-bond donors (Lipinski definition) is 2. The van der Waals surface area contributed by atoms with Gasteiger partial charge in [-0.1, -0.05) is 12.1 Å². The third-order valence-electron chi connectivity index (χ3n) is 3.98. The van der Waals surface area contributed by atoms with Crippen LogP contribution in [0, 0.1) is 6.92 Å². The lowest BCUT2D eigenvalue weighted by atomic mass is 10.1. The fraction of sp³-hybridized carbons (Fsp3) is 0.611. The topological polar surface area (TPSA) is 68.8 Å². The number of anilines is 1. The van der Waals surface area contributed by atoms with Crippen LogP contribution >= 0.6 is 0 Å². The first-order valence-corrected chi connectivity index (χ1v) is 8.55. The number of benzene rings is 1. The summed E-state index contributed by atoms with van der Waals surface area (Å²) in [6.45, 7) is 8.43. The number of nitrogens with one attached hydrogen (secondary N) is 2. The second kappa shape index (κ2) is 10.4. The summed E-state index contributed by atoms with van der Waals surface area (Å²) in [5.74, 6) is -0.00415. The fourth-order valence-electron chi connectivity index (χ4n) is 2.60. The van der Waals surface area contributed by atoms with Crippen LogP contribution in [0.25, 0.3) is 0 Å². The molecule has 1 unspecified atom stereocenters. The number of rotatable bonds is 9. The molecular formula is C18H28N2O4. The van der Waals surface area contributed by atoms with Crippen molar-refractivity contribution in [3.05, 3.63) is 29.3 Å². The number of hydrogen-bond acceptors (Lipinski definition) is 5. The minimum Gasteiger partial charge on any atom is -0.379 e. The van der Waals surface area contributed by atoms with Gasteiger partial charge >= 0.3 is 0 Å². The van der Waals surface area contributed by atoms with Gasteiger partial charge < -0.3 is 24.8 Å². The first-order chi connectivity index (χ1) is 11.7. The maximum Gasteiger partial charge on any atom is 0.226 e. The van der Waals surface area contributed by atoms with Crippen LogP contribution in [-0.2, 0) is 25.6 Å². The molecule has 0 aliphatic carbocycles. The van der Waals surface area contributed by atoms with Crippen molar-refractivity contribution in [1.82, 2.24) is 5.32 Å². The average Bonchev–Trinajstić information content (AvgIpc) is 2.58. The maximum atomic E-state index is 12.2. The molecule has 1 amide bonds. The van der Waals surface area contributed by atoms with Crippen molar-refractivity contribution < 1.29 is 19.0 Å². The molecule has 24 heavy (non-hydrogen) atoms. The summed E-state index contributed by atoms with van der Waals surface area (Å²) >= 11 is 0. The van der Waals surface area contributed by atoms with Crippen molar-refractivity contribution in [3.63, 3.8) is 0 Å². The van der Waals surface area contributed by atoms with Crippen molar-refractivity contribution in [3.8, 4) is 0 Å². The average molecular weight is 336 g/mol. The molecule has 1 aromatic carbocycles. The Morgan fingerprint density at radius 1 is 1.38 bits per heavy atom. The molecule has 2 rings (SSSR count). The first kappa shape index (κ1) is 18.9. The van der Waals surface area contributed by atoms with E-state index in [-0.39, 0.29) is 11.9 Å². The zero-order chi connectivity index (χ0) is 17.2. The first-order valence-electron chi connectivity index (χ1n) is 8.55. The number of amides is 1. The van der Waals surface area contributed by atoms with Gasteiger partial charge in [0.2, 0.25) is 5.91 Å². The largest absolute Gasteiger partial charge is 0.379 e. The van der Waals surface area contributed by atoms with Crippen LogP contribution in [0.5, 0.6) is 0 Å². The molecule has 6 heteroatoms. The van der Waals surface area contributed by atoms with Crippen molar-refractivity contribution in [2.45, 2.75) is 32.9 Å². The van der Waals surface area contributed by atoms with Gasteiger partial charge in [0.05, 0.1) is 33.0 Å².